The Hall–Kier alpha value is -2.63. The zero-order chi connectivity index (χ0) is 16.9. The maximum Gasteiger partial charge on any atom is 0.159 e. The molecular formula is C18H23N5O. The number of hydrogen-bond donors (Lipinski definition) is 3. The predicted octanol–water partition coefficient (Wildman–Crippen LogP) is 3.75. The van der Waals surface area contributed by atoms with E-state index < -0.39 is 0 Å². The third kappa shape index (κ3) is 3.82. The first kappa shape index (κ1) is 16.2. The number of benzene rings is 1. The van der Waals surface area contributed by atoms with Gasteiger partial charge in [-0.1, -0.05) is 19.3 Å². The number of nitrogen functional groups attached to an aromatic ring is 1. The molecule has 0 unspecified atom stereocenters. The summed E-state index contributed by atoms with van der Waals surface area (Å²) in [6, 6.07) is 7.67. The van der Waals surface area contributed by atoms with Crippen LogP contribution in [0.15, 0.2) is 30.6 Å². The van der Waals surface area contributed by atoms with Gasteiger partial charge in [0.15, 0.2) is 17.4 Å². The van der Waals surface area contributed by atoms with Crippen LogP contribution in [-0.2, 0) is 0 Å². The highest BCUT2D eigenvalue weighted by Gasteiger charge is 2.16. The number of nitrogens with zero attached hydrogens (tertiary/aromatic N) is 2. The third-order valence-corrected chi connectivity index (χ3v) is 4.38. The first-order valence-electron chi connectivity index (χ1n) is 8.38. The van der Waals surface area contributed by atoms with E-state index in [0.29, 0.717) is 28.9 Å². The number of anilines is 4. The van der Waals surface area contributed by atoms with Crippen LogP contribution in [0.25, 0.3) is 0 Å². The van der Waals surface area contributed by atoms with E-state index in [0.717, 1.165) is 18.5 Å². The van der Waals surface area contributed by atoms with Crippen molar-refractivity contribution >= 4 is 28.8 Å². The summed E-state index contributed by atoms with van der Waals surface area (Å²) in [6.45, 7) is 1.55. The summed E-state index contributed by atoms with van der Waals surface area (Å²) in [7, 11) is 0. The van der Waals surface area contributed by atoms with Gasteiger partial charge in [-0.3, -0.25) is 4.79 Å². The van der Waals surface area contributed by atoms with E-state index in [4.69, 9.17) is 5.73 Å². The van der Waals surface area contributed by atoms with Crippen LogP contribution in [0.3, 0.4) is 0 Å². The number of carbonyl (C=O) groups is 1. The molecule has 0 aliphatic heterocycles. The molecule has 2 aromatic rings. The molecule has 0 radical (unpaired) electrons. The normalized spacial score (nSPS) is 15.0. The van der Waals surface area contributed by atoms with Crippen molar-refractivity contribution in [2.24, 2.45) is 0 Å². The number of nitrogens with one attached hydrogen (secondary N) is 2. The van der Waals surface area contributed by atoms with Crippen LogP contribution in [0.2, 0.25) is 0 Å². The summed E-state index contributed by atoms with van der Waals surface area (Å²) < 4.78 is 0. The zero-order valence-corrected chi connectivity index (χ0v) is 13.9. The summed E-state index contributed by atoms with van der Waals surface area (Å²) in [5.74, 6) is 1.29. The summed E-state index contributed by atoms with van der Waals surface area (Å²) in [4.78, 5) is 19.8. The second-order valence-electron chi connectivity index (χ2n) is 6.22. The highest BCUT2D eigenvalue weighted by molar-refractivity contribution is 5.94. The quantitative estimate of drug-likeness (QED) is 0.725. The SMILES string of the molecule is CC(=O)c1ccc(Nc2ncnc(NC3CCCCC3)c2N)cc1. The molecule has 4 N–H and O–H groups in total. The standard InChI is InChI=1S/C18H23N5O/c1-12(24)13-7-9-15(10-8-13)23-18-16(19)17(20-11-21-18)22-14-5-3-2-4-6-14/h7-11,14H,2-6,19H2,1H3,(H2,20,21,22,23). The molecule has 126 valence electrons. The molecule has 0 spiro atoms. The number of Topliss-reactive ketones (excluding diaryl/α,β-unsaturated/α-hetero) is 1. The highest BCUT2D eigenvalue weighted by Crippen LogP contribution is 2.28. The zero-order valence-electron chi connectivity index (χ0n) is 13.9. The summed E-state index contributed by atoms with van der Waals surface area (Å²) >= 11 is 0. The molecular weight excluding hydrogens is 302 g/mol. The van der Waals surface area contributed by atoms with Crippen LogP contribution in [0.1, 0.15) is 49.4 Å². The Morgan fingerprint density at radius 2 is 1.75 bits per heavy atom. The van der Waals surface area contributed by atoms with E-state index in [-0.39, 0.29) is 5.78 Å². The Bertz CT molecular complexity index is 708. The second kappa shape index (κ2) is 7.29. The Labute approximate surface area is 141 Å². The van der Waals surface area contributed by atoms with Crippen molar-refractivity contribution in [3.8, 4) is 0 Å². The third-order valence-electron chi connectivity index (χ3n) is 4.38. The fourth-order valence-corrected chi connectivity index (χ4v) is 2.98. The molecule has 3 rings (SSSR count). The minimum Gasteiger partial charge on any atom is -0.393 e. The van der Waals surface area contributed by atoms with Gasteiger partial charge in [-0.2, -0.15) is 0 Å². The second-order valence-corrected chi connectivity index (χ2v) is 6.22. The summed E-state index contributed by atoms with van der Waals surface area (Å²) in [5.41, 5.74) is 8.24. The summed E-state index contributed by atoms with van der Waals surface area (Å²) in [5, 5.41) is 6.63. The lowest BCUT2D eigenvalue weighted by Gasteiger charge is -2.24. The van der Waals surface area contributed by atoms with Crippen LogP contribution < -0.4 is 16.4 Å². The number of carbonyl (C=O) groups excluding carboxylic acids is 1. The van der Waals surface area contributed by atoms with Crippen LogP contribution >= 0.6 is 0 Å². The van der Waals surface area contributed by atoms with Crippen LogP contribution in [0, 0.1) is 0 Å². The van der Waals surface area contributed by atoms with Gasteiger partial charge in [0.05, 0.1) is 0 Å². The largest absolute Gasteiger partial charge is 0.393 e. The van der Waals surface area contributed by atoms with E-state index in [2.05, 4.69) is 20.6 Å². The minimum atomic E-state index is 0.0436. The summed E-state index contributed by atoms with van der Waals surface area (Å²) in [6.07, 6.45) is 7.61. The molecule has 24 heavy (non-hydrogen) atoms. The van der Waals surface area contributed by atoms with Gasteiger partial charge < -0.3 is 16.4 Å². The van der Waals surface area contributed by atoms with Gasteiger partial charge in [0.1, 0.15) is 12.0 Å². The molecule has 6 nitrogen and oxygen atoms in total. The molecule has 1 heterocycles. The number of aromatic nitrogens is 2. The van der Waals surface area contributed by atoms with Gasteiger partial charge in [0.2, 0.25) is 0 Å². The number of hydrogen-bond acceptors (Lipinski definition) is 6. The molecule has 1 aromatic carbocycles. The fraction of sp³-hybridized carbons (Fsp3) is 0.389. The molecule has 1 fully saturated rings. The molecule has 1 aliphatic carbocycles. The van der Waals surface area contributed by atoms with Gasteiger partial charge in [0, 0.05) is 17.3 Å². The van der Waals surface area contributed by atoms with Gasteiger partial charge in [-0.05, 0) is 44.0 Å². The fourth-order valence-electron chi connectivity index (χ4n) is 2.98. The first-order chi connectivity index (χ1) is 11.6. The highest BCUT2D eigenvalue weighted by atomic mass is 16.1. The molecule has 0 amide bonds. The number of nitrogens with two attached hydrogens (primary N) is 1. The first-order valence-corrected chi connectivity index (χ1v) is 8.38. The predicted molar refractivity (Wildman–Crippen MR) is 96.7 cm³/mol. The monoisotopic (exact) mass is 325 g/mol. The molecule has 0 atom stereocenters. The number of ketones is 1. The molecule has 1 aromatic heterocycles. The van der Waals surface area contributed by atoms with Crippen molar-refractivity contribution in [1.82, 2.24) is 9.97 Å². The Balaban J connectivity index is 1.73. The smallest absolute Gasteiger partial charge is 0.159 e. The van der Waals surface area contributed by atoms with Gasteiger partial charge in [-0.15, -0.1) is 0 Å². The average molecular weight is 325 g/mol. The van der Waals surface area contributed by atoms with Crippen LogP contribution in [-0.4, -0.2) is 21.8 Å². The van der Waals surface area contributed by atoms with Crippen LogP contribution in [0.5, 0.6) is 0 Å². The number of rotatable bonds is 5. The average Bonchev–Trinajstić information content (AvgIpc) is 2.60. The molecule has 1 aliphatic rings. The van der Waals surface area contributed by atoms with Gasteiger partial charge in [-0.25, -0.2) is 9.97 Å². The van der Waals surface area contributed by atoms with Crippen molar-refractivity contribution in [3.63, 3.8) is 0 Å². The lowest BCUT2D eigenvalue weighted by atomic mass is 9.95. The van der Waals surface area contributed by atoms with Crippen molar-refractivity contribution in [2.75, 3.05) is 16.4 Å². The maximum absolute atomic E-state index is 11.3. The van der Waals surface area contributed by atoms with E-state index in [1.54, 1.807) is 19.1 Å². The van der Waals surface area contributed by atoms with Gasteiger partial charge in [0.25, 0.3) is 0 Å². The Kier molecular flexibility index (Phi) is 4.93. The van der Waals surface area contributed by atoms with Crippen molar-refractivity contribution < 1.29 is 4.79 Å². The van der Waals surface area contributed by atoms with Crippen LogP contribution in [0.4, 0.5) is 23.0 Å². The molecule has 1 saturated carbocycles. The Morgan fingerprint density at radius 1 is 1.08 bits per heavy atom. The topological polar surface area (TPSA) is 92.9 Å². The van der Waals surface area contributed by atoms with Crippen molar-refractivity contribution in [1.29, 1.82) is 0 Å². The van der Waals surface area contributed by atoms with Crippen molar-refractivity contribution in [3.05, 3.63) is 36.2 Å². The molecule has 0 saturated heterocycles. The van der Waals surface area contributed by atoms with E-state index in [1.807, 2.05) is 12.1 Å². The lowest BCUT2D eigenvalue weighted by Crippen LogP contribution is -2.23. The molecule has 6 heteroatoms. The molecule has 0 bridgehead atoms. The van der Waals surface area contributed by atoms with Gasteiger partial charge >= 0.3 is 0 Å². The maximum atomic E-state index is 11.3. The lowest BCUT2D eigenvalue weighted by molar-refractivity contribution is 0.101. The van der Waals surface area contributed by atoms with E-state index >= 15 is 0 Å². The van der Waals surface area contributed by atoms with E-state index in [9.17, 15) is 4.79 Å². The van der Waals surface area contributed by atoms with Crippen molar-refractivity contribution in [2.45, 2.75) is 45.1 Å². The minimum absolute atomic E-state index is 0.0436. The van der Waals surface area contributed by atoms with E-state index in [1.165, 1.54) is 25.6 Å². The Morgan fingerprint density at radius 3 is 2.42 bits per heavy atom.